The third-order valence-electron chi connectivity index (χ3n) is 4.24. The normalized spacial score (nSPS) is 29.3. The van der Waals surface area contributed by atoms with Gasteiger partial charge in [0, 0.05) is 29.6 Å². The average Bonchev–Trinajstić information content (AvgIpc) is 2.75. The molecule has 19 heavy (non-hydrogen) atoms. The average molecular weight is 263 g/mol. The van der Waals surface area contributed by atoms with Gasteiger partial charge in [-0.25, -0.2) is 4.39 Å². The van der Waals surface area contributed by atoms with Crippen LogP contribution in [0.5, 0.6) is 5.75 Å². The molecule has 2 fully saturated rings. The maximum absolute atomic E-state index is 13.5. The lowest BCUT2D eigenvalue weighted by Crippen LogP contribution is -2.40. The van der Waals surface area contributed by atoms with E-state index < -0.39 is 5.82 Å². The quantitative estimate of drug-likeness (QED) is 0.852. The summed E-state index contributed by atoms with van der Waals surface area (Å²) in [6.45, 7) is 0. The van der Waals surface area contributed by atoms with Crippen LogP contribution in [0.3, 0.4) is 0 Å². The van der Waals surface area contributed by atoms with E-state index >= 15 is 0 Å². The molecule has 2 bridgehead atoms. The van der Waals surface area contributed by atoms with Gasteiger partial charge in [0.2, 0.25) is 0 Å². The number of rotatable bonds is 3. The van der Waals surface area contributed by atoms with Crippen molar-refractivity contribution in [1.82, 2.24) is 5.32 Å². The first-order chi connectivity index (χ1) is 9.15. The minimum Gasteiger partial charge on any atom is -0.497 e. The number of halogens is 1. The van der Waals surface area contributed by atoms with Crippen LogP contribution in [0.2, 0.25) is 0 Å². The lowest BCUT2D eigenvalue weighted by atomic mass is 9.86. The van der Waals surface area contributed by atoms with Crippen LogP contribution < -0.4 is 10.1 Å². The fourth-order valence-electron chi connectivity index (χ4n) is 3.33. The van der Waals surface area contributed by atoms with Crippen molar-refractivity contribution in [3.63, 3.8) is 0 Å². The van der Waals surface area contributed by atoms with Crippen molar-refractivity contribution < 1.29 is 13.9 Å². The Kier molecular flexibility index (Phi) is 3.27. The molecular formula is C15H18FNO2. The molecule has 1 aromatic carbocycles. The van der Waals surface area contributed by atoms with Crippen LogP contribution in [0.15, 0.2) is 18.2 Å². The number of benzene rings is 1. The van der Waals surface area contributed by atoms with Gasteiger partial charge >= 0.3 is 0 Å². The molecule has 3 rings (SSSR count). The van der Waals surface area contributed by atoms with Crippen LogP contribution in [0.25, 0.3) is 0 Å². The maximum atomic E-state index is 13.5. The van der Waals surface area contributed by atoms with Crippen LogP contribution in [0, 0.1) is 11.7 Å². The predicted molar refractivity (Wildman–Crippen MR) is 70.0 cm³/mol. The molecule has 2 atom stereocenters. The van der Waals surface area contributed by atoms with Crippen molar-refractivity contribution in [1.29, 1.82) is 0 Å². The largest absolute Gasteiger partial charge is 0.497 e. The Morgan fingerprint density at radius 3 is 2.58 bits per heavy atom. The molecule has 2 aliphatic rings. The zero-order chi connectivity index (χ0) is 13.4. The second-order valence-corrected chi connectivity index (χ2v) is 5.55. The topological polar surface area (TPSA) is 38.3 Å². The minimum atomic E-state index is -0.417. The highest BCUT2D eigenvalue weighted by Crippen LogP contribution is 2.33. The number of ether oxygens (including phenoxy) is 1. The molecule has 2 unspecified atom stereocenters. The lowest BCUT2D eigenvalue weighted by molar-refractivity contribution is 0.0875. The summed E-state index contributed by atoms with van der Waals surface area (Å²) in [6.07, 6.45) is 4.05. The molecule has 0 spiro atoms. The predicted octanol–water partition coefficient (Wildman–Crippen LogP) is 2.55. The lowest BCUT2D eigenvalue weighted by Gasteiger charge is -2.28. The highest BCUT2D eigenvalue weighted by atomic mass is 19.1. The summed E-state index contributed by atoms with van der Waals surface area (Å²) in [6, 6.07) is 5.17. The number of carbonyl (C=O) groups is 1. The van der Waals surface area contributed by atoms with Crippen LogP contribution in [-0.2, 0) is 0 Å². The molecule has 0 amide bonds. The van der Waals surface area contributed by atoms with Gasteiger partial charge in [0.05, 0.1) is 7.11 Å². The number of methoxy groups -OCH3 is 1. The van der Waals surface area contributed by atoms with Crippen molar-refractivity contribution in [2.75, 3.05) is 7.11 Å². The van der Waals surface area contributed by atoms with Crippen molar-refractivity contribution >= 4 is 5.78 Å². The number of hydrogen-bond acceptors (Lipinski definition) is 3. The molecule has 0 saturated carbocycles. The summed E-state index contributed by atoms with van der Waals surface area (Å²) >= 11 is 0. The number of ketones is 1. The van der Waals surface area contributed by atoms with Crippen LogP contribution in [-0.4, -0.2) is 25.0 Å². The van der Waals surface area contributed by atoms with Crippen molar-refractivity contribution in [3.05, 3.63) is 29.6 Å². The Balaban J connectivity index is 1.81. The van der Waals surface area contributed by atoms with Crippen LogP contribution in [0.4, 0.5) is 4.39 Å². The zero-order valence-corrected chi connectivity index (χ0v) is 11.0. The summed E-state index contributed by atoms with van der Waals surface area (Å²) in [7, 11) is 1.48. The molecule has 1 N–H and O–H groups in total. The molecule has 0 aromatic heterocycles. The zero-order valence-electron chi connectivity index (χ0n) is 11.0. The number of piperidine rings is 1. The first-order valence-corrected chi connectivity index (χ1v) is 6.80. The van der Waals surface area contributed by atoms with Gasteiger partial charge in [0.15, 0.2) is 5.78 Å². The monoisotopic (exact) mass is 263 g/mol. The second-order valence-electron chi connectivity index (χ2n) is 5.55. The second kappa shape index (κ2) is 4.93. The highest BCUT2D eigenvalue weighted by molar-refractivity contribution is 5.98. The van der Waals surface area contributed by atoms with Crippen LogP contribution >= 0.6 is 0 Å². The Morgan fingerprint density at radius 2 is 1.95 bits per heavy atom. The van der Waals surface area contributed by atoms with E-state index in [1.54, 1.807) is 6.07 Å². The molecule has 4 heteroatoms. The van der Waals surface area contributed by atoms with E-state index in [-0.39, 0.29) is 11.7 Å². The molecule has 102 valence electrons. The fourth-order valence-corrected chi connectivity index (χ4v) is 3.33. The van der Waals surface area contributed by atoms with Gasteiger partial charge < -0.3 is 10.1 Å². The summed E-state index contributed by atoms with van der Waals surface area (Å²) in [5.41, 5.74) is 0.433. The Morgan fingerprint density at radius 1 is 1.26 bits per heavy atom. The van der Waals surface area contributed by atoms with Crippen molar-refractivity contribution in [2.24, 2.45) is 5.92 Å². The summed E-state index contributed by atoms with van der Waals surface area (Å²) in [4.78, 5) is 12.5. The van der Waals surface area contributed by atoms with E-state index in [9.17, 15) is 9.18 Å². The minimum absolute atomic E-state index is 0.0188. The summed E-state index contributed by atoms with van der Waals surface area (Å²) in [5, 5.41) is 3.51. The molecule has 0 radical (unpaired) electrons. The third kappa shape index (κ3) is 2.50. The van der Waals surface area contributed by atoms with Crippen LogP contribution in [0.1, 0.15) is 36.0 Å². The first-order valence-electron chi connectivity index (χ1n) is 6.80. The van der Waals surface area contributed by atoms with E-state index in [1.807, 2.05) is 0 Å². The summed E-state index contributed by atoms with van der Waals surface area (Å²) < 4.78 is 18.5. The molecule has 1 aromatic rings. The van der Waals surface area contributed by atoms with E-state index in [2.05, 4.69) is 5.32 Å². The Bertz CT molecular complexity index is 491. The number of fused-ring (bicyclic) bond motifs is 2. The molecule has 2 heterocycles. The molecule has 2 saturated heterocycles. The van der Waals surface area contributed by atoms with E-state index in [4.69, 9.17) is 4.74 Å². The smallest absolute Gasteiger partial charge is 0.166 e. The molecule has 0 aliphatic carbocycles. The SMILES string of the molecule is COc1cc(F)cc(C(=O)C2CC3CCC(C2)N3)c1. The number of nitrogens with one attached hydrogen (secondary N) is 1. The fraction of sp³-hybridized carbons (Fsp3) is 0.533. The van der Waals surface area contributed by atoms with E-state index in [1.165, 1.54) is 19.2 Å². The highest BCUT2D eigenvalue weighted by Gasteiger charge is 2.36. The van der Waals surface area contributed by atoms with E-state index in [0.717, 1.165) is 25.7 Å². The van der Waals surface area contributed by atoms with Gasteiger partial charge in [-0.2, -0.15) is 0 Å². The standard InChI is InChI=1S/C15H18FNO2/c1-19-14-7-9(4-11(16)8-14)15(18)10-5-12-2-3-13(6-10)17-12/h4,7-8,10,12-13,17H,2-3,5-6H2,1H3. The van der Waals surface area contributed by atoms with Gasteiger partial charge in [-0.3, -0.25) is 4.79 Å². The van der Waals surface area contributed by atoms with Gasteiger partial charge in [0.25, 0.3) is 0 Å². The van der Waals surface area contributed by atoms with Crippen molar-refractivity contribution in [2.45, 2.75) is 37.8 Å². The van der Waals surface area contributed by atoms with Gasteiger partial charge in [-0.15, -0.1) is 0 Å². The van der Waals surface area contributed by atoms with Crippen molar-refractivity contribution in [3.8, 4) is 5.75 Å². The maximum Gasteiger partial charge on any atom is 0.166 e. The van der Waals surface area contributed by atoms with Gasteiger partial charge in [-0.05, 0) is 37.8 Å². The third-order valence-corrected chi connectivity index (χ3v) is 4.24. The number of carbonyl (C=O) groups excluding carboxylic acids is 1. The number of hydrogen-bond donors (Lipinski definition) is 1. The Labute approximate surface area is 112 Å². The molecule has 3 nitrogen and oxygen atoms in total. The number of Topliss-reactive ketones (excluding diaryl/α,β-unsaturated/α-hetero) is 1. The molecule has 2 aliphatic heterocycles. The first kappa shape index (κ1) is 12.6. The van der Waals surface area contributed by atoms with Gasteiger partial charge in [0.1, 0.15) is 11.6 Å². The Hall–Kier alpha value is -1.42. The summed E-state index contributed by atoms with van der Waals surface area (Å²) in [5.74, 6) is 0.0568. The molecular weight excluding hydrogens is 245 g/mol. The van der Waals surface area contributed by atoms with E-state index in [0.29, 0.717) is 23.4 Å². The van der Waals surface area contributed by atoms with Gasteiger partial charge in [-0.1, -0.05) is 0 Å².